The highest BCUT2D eigenvalue weighted by Gasteiger charge is 2.39. The molecule has 2 aliphatic rings. The van der Waals surface area contributed by atoms with Crippen LogP contribution < -0.4 is 60.2 Å². The van der Waals surface area contributed by atoms with Gasteiger partial charge in [-0.05, 0) is 112 Å². The van der Waals surface area contributed by atoms with Crippen molar-refractivity contribution in [2.75, 3.05) is 32.7 Å². The van der Waals surface area contributed by atoms with Gasteiger partial charge in [0.1, 0.15) is 36.0 Å². The molecule has 0 unspecified atom stereocenters. The molecule has 7 amide bonds. The SMILES string of the molecule is CCCCCCC[C@@H](O)CC(=O)C[C@H](CCN)C(=O)N[C@H]1CCNC(=O)[C@H](C2Cc3ccccc3C2)NC(=O)[C@H](CCN)NC(=O)[C@H](CCN)NC(=O)[C@H](CC(C)C)NC(=O)[C@@H](Cc2ccccc2)NC(=O)[C@H](CCN)CC1=O. The van der Waals surface area contributed by atoms with Crippen molar-refractivity contribution in [1.29, 1.82) is 0 Å². The predicted molar refractivity (Wildman–Crippen MR) is 301 cm³/mol. The van der Waals surface area contributed by atoms with Crippen molar-refractivity contribution in [3.05, 3.63) is 71.3 Å². The van der Waals surface area contributed by atoms with Crippen LogP contribution in [0.5, 0.6) is 0 Å². The van der Waals surface area contributed by atoms with Crippen molar-refractivity contribution in [3.63, 3.8) is 0 Å². The van der Waals surface area contributed by atoms with E-state index in [0.29, 0.717) is 24.8 Å². The normalized spacial score (nSPS) is 23.3. The average Bonchev–Trinajstić information content (AvgIpc) is 3.93. The molecule has 2 aromatic carbocycles. The third-order valence-electron chi connectivity index (χ3n) is 14.8. The molecule has 0 aromatic heterocycles. The minimum absolute atomic E-state index is 0.0147. The van der Waals surface area contributed by atoms with E-state index >= 15 is 0 Å². The Morgan fingerprint density at radius 3 is 1.77 bits per heavy atom. The van der Waals surface area contributed by atoms with Gasteiger partial charge in [-0.25, -0.2) is 0 Å². The summed E-state index contributed by atoms with van der Waals surface area (Å²) < 4.78 is 0. The number of carbonyl (C=O) groups excluding carboxylic acids is 9. The largest absolute Gasteiger partial charge is 0.393 e. The van der Waals surface area contributed by atoms with E-state index in [0.717, 1.165) is 43.2 Å². The molecular weight excluding hydrogens is 1010 g/mol. The zero-order valence-corrected chi connectivity index (χ0v) is 46.7. The molecule has 0 spiro atoms. The zero-order valence-electron chi connectivity index (χ0n) is 46.7. The minimum atomic E-state index is -1.33. The van der Waals surface area contributed by atoms with Gasteiger partial charge >= 0.3 is 0 Å². The second-order valence-corrected chi connectivity index (χ2v) is 21.8. The molecule has 2 aromatic rings. The van der Waals surface area contributed by atoms with E-state index < -0.39 is 114 Å². The van der Waals surface area contributed by atoms with Crippen LogP contribution in [-0.4, -0.2) is 133 Å². The molecule has 0 saturated carbocycles. The van der Waals surface area contributed by atoms with E-state index in [4.69, 9.17) is 22.9 Å². The molecule has 9 atom stereocenters. The first-order valence-electron chi connectivity index (χ1n) is 28.6. The van der Waals surface area contributed by atoms with Gasteiger partial charge in [-0.1, -0.05) is 107 Å². The summed E-state index contributed by atoms with van der Waals surface area (Å²) in [6.07, 6.45) is 4.28. The predicted octanol–water partition coefficient (Wildman–Crippen LogP) is 0.776. The number of fused-ring (bicyclic) bond motifs is 1. The Morgan fingerprint density at radius 2 is 1.18 bits per heavy atom. The van der Waals surface area contributed by atoms with Crippen LogP contribution in [0.3, 0.4) is 0 Å². The summed E-state index contributed by atoms with van der Waals surface area (Å²) in [6.45, 7) is 5.48. The van der Waals surface area contributed by atoms with Crippen molar-refractivity contribution >= 4 is 52.9 Å². The van der Waals surface area contributed by atoms with Crippen LogP contribution in [-0.2, 0) is 62.4 Å². The molecule has 21 nitrogen and oxygen atoms in total. The number of carbonyl (C=O) groups is 9. The number of unbranched alkanes of at least 4 members (excludes halogenated alkanes) is 4. The highest BCUT2D eigenvalue weighted by molar-refractivity contribution is 5.98. The summed E-state index contributed by atoms with van der Waals surface area (Å²) in [5.74, 6) is -8.55. The van der Waals surface area contributed by atoms with Gasteiger partial charge in [0, 0.05) is 44.1 Å². The van der Waals surface area contributed by atoms with Gasteiger partial charge in [-0.2, -0.15) is 0 Å². The lowest BCUT2D eigenvalue weighted by molar-refractivity contribution is -0.136. The smallest absolute Gasteiger partial charge is 0.243 e. The lowest BCUT2D eigenvalue weighted by Gasteiger charge is -2.29. The topological polar surface area (TPSA) is 362 Å². The second kappa shape index (κ2) is 34.8. The third-order valence-corrected chi connectivity index (χ3v) is 14.8. The number of aliphatic hydroxyl groups is 1. The van der Waals surface area contributed by atoms with E-state index in [-0.39, 0.29) is 102 Å². The molecule has 21 heteroatoms. The molecule has 1 fully saturated rings. The number of nitrogens with one attached hydrogen (secondary N) is 7. The number of aliphatic hydroxyl groups excluding tert-OH is 1. The highest BCUT2D eigenvalue weighted by atomic mass is 16.3. The first-order chi connectivity index (χ1) is 37.9. The van der Waals surface area contributed by atoms with Crippen molar-refractivity contribution in [2.24, 2.45) is 46.6 Å². The number of rotatable bonds is 25. The summed E-state index contributed by atoms with van der Waals surface area (Å²) >= 11 is 0. The fourth-order valence-electron chi connectivity index (χ4n) is 10.4. The Bertz CT molecular complexity index is 2280. The van der Waals surface area contributed by atoms with Gasteiger partial charge in [-0.3, -0.25) is 43.2 Å². The van der Waals surface area contributed by atoms with Gasteiger partial charge in [0.15, 0.2) is 5.78 Å². The lowest BCUT2D eigenvalue weighted by Crippen LogP contribution is -2.60. The van der Waals surface area contributed by atoms with E-state index in [1.807, 2.05) is 38.1 Å². The van der Waals surface area contributed by atoms with E-state index in [9.17, 15) is 48.3 Å². The van der Waals surface area contributed by atoms with Gasteiger partial charge in [-0.15, -0.1) is 0 Å². The summed E-state index contributed by atoms with van der Waals surface area (Å²) in [4.78, 5) is 129. The molecule has 1 aliphatic carbocycles. The van der Waals surface area contributed by atoms with Crippen LogP contribution in [0.2, 0.25) is 0 Å². The Hall–Kier alpha value is -6.13. The Morgan fingerprint density at radius 1 is 0.620 bits per heavy atom. The number of benzene rings is 2. The minimum Gasteiger partial charge on any atom is -0.393 e. The van der Waals surface area contributed by atoms with E-state index in [2.05, 4.69) is 44.1 Å². The van der Waals surface area contributed by atoms with Gasteiger partial charge in [0.25, 0.3) is 0 Å². The van der Waals surface area contributed by atoms with Crippen molar-refractivity contribution in [1.82, 2.24) is 37.2 Å². The first kappa shape index (κ1) is 65.4. The summed E-state index contributed by atoms with van der Waals surface area (Å²) in [6, 6.07) is 8.95. The number of hydrogen-bond donors (Lipinski definition) is 12. The average molecular weight is 1100 g/mol. The maximum atomic E-state index is 14.7. The second-order valence-electron chi connectivity index (χ2n) is 21.8. The number of nitrogens with two attached hydrogens (primary N) is 4. The van der Waals surface area contributed by atoms with Crippen molar-refractivity contribution < 1.29 is 48.3 Å². The van der Waals surface area contributed by atoms with Crippen LogP contribution in [0.15, 0.2) is 54.6 Å². The first-order valence-corrected chi connectivity index (χ1v) is 28.6. The number of amides is 7. The van der Waals surface area contributed by atoms with E-state index in [1.54, 1.807) is 30.3 Å². The summed E-state index contributed by atoms with van der Waals surface area (Å²) in [5, 5.41) is 30.3. The fourth-order valence-corrected chi connectivity index (χ4v) is 10.4. The van der Waals surface area contributed by atoms with Crippen LogP contribution in [0, 0.1) is 23.7 Å². The van der Waals surface area contributed by atoms with Gasteiger partial charge < -0.3 is 65.3 Å². The molecule has 1 saturated heterocycles. The number of Topliss-reactive ketones (excluding diaryl/α,β-unsaturated/α-hetero) is 2. The van der Waals surface area contributed by atoms with Crippen LogP contribution in [0.1, 0.15) is 134 Å². The molecule has 1 heterocycles. The van der Waals surface area contributed by atoms with Gasteiger partial charge in [0.05, 0.1) is 12.1 Å². The number of hydrogen-bond acceptors (Lipinski definition) is 14. The van der Waals surface area contributed by atoms with Crippen LogP contribution in [0.4, 0.5) is 0 Å². The molecule has 1 aliphatic heterocycles. The summed E-state index contributed by atoms with van der Waals surface area (Å²) in [7, 11) is 0. The van der Waals surface area contributed by atoms with Crippen LogP contribution in [0.25, 0.3) is 0 Å². The Labute approximate surface area is 466 Å². The standard InChI is InChI=1S/C58H91N11O10/c1-4-5-6-7-11-18-43(70)35-44(71)33-40(19-24-59)52(73)64-45-23-28-63-58(79)51(42-31-38-16-12-13-17-39(38)32-42)69-55(76)47(22-27-62)65-54(75)46(21-26-61)66-56(77)48(29-36(2)3)68-57(78)49(30-37-14-9-8-10-15-37)67-53(74)41(20-25-60)34-50(45)72/h8-10,12-17,36,40-43,45-49,51,70H,4-7,11,18-35,59-62H2,1-3H3,(H,63,79)(H,64,73)(H,65,75)(H,66,77)(H,67,74)(H,68,78)(H,69,76)/t40-,41+,43+,45-,46-,47-,48-,49+,51-/m0/s1. The Kier molecular flexibility index (Phi) is 28.8. The zero-order chi connectivity index (χ0) is 57.9. The Balaban J connectivity index is 1.76. The maximum absolute atomic E-state index is 14.7. The molecule has 79 heavy (non-hydrogen) atoms. The molecule has 16 N–H and O–H groups in total. The monoisotopic (exact) mass is 1100 g/mol. The summed E-state index contributed by atoms with van der Waals surface area (Å²) in [5.41, 5.74) is 26.6. The highest BCUT2D eigenvalue weighted by Crippen LogP contribution is 2.29. The lowest BCUT2D eigenvalue weighted by atomic mass is 9.91. The number of ketones is 2. The van der Waals surface area contributed by atoms with Crippen molar-refractivity contribution in [2.45, 2.75) is 179 Å². The quantitative estimate of drug-likeness (QED) is 0.0612. The molecule has 4 rings (SSSR count). The van der Waals surface area contributed by atoms with Gasteiger partial charge in [0.2, 0.25) is 41.4 Å². The van der Waals surface area contributed by atoms with E-state index in [1.165, 1.54) is 0 Å². The maximum Gasteiger partial charge on any atom is 0.243 e. The van der Waals surface area contributed by atoms with Crippen LogP contribution >= 0.6 is 0 Å². The van der Waals surface area contributed by atoms with Crippen molar-refractivity contribution in [3.8, 4) is 0 Å². The molecule has 0 bridgehead atoms. The third kappa shape index (κ3) is 22.1. The molecule has 438 valence electrons. The molecular formula is C58H91N11O10. The molecule has 0 radical (unpaired) electrons. The fraction of sp³-hybridized carbons (Fsp3) is 0.638.